The van der Waals surface area contributed by atoms with Gasteiger partial charge in [0.15, 0.2) is 0 Å². The summed E-state index contributed by atoms with van der Waals surface area (Å²) >= 11 is 3.45. The maximum atomic E-state index is 12.6. The van der Waals surface area contributed by atoms with Crippen molar-refractivity contribution in [3.63, 3.8) is 0 Å². The molecule has 0 bridgehead atoms. The largest absolute Gasteiger partial charge is 0.463 e. The Balaban J connectivity index is 0.000000194. The van der Waals surface area contributed by atoms with Gasteiger partial charge in [0.1, 0.15) is 0 Å². The van der Waals surface area contributed by atoms with Gasteiger partial charge >= 0.3 is 5.97 Å². The summed E-state index contributed by atoms with van der Waals surface area (Å²) in [6.07, 6.45) is 6.32. The number of halogens is 1. The monoisotopic (exact) mass is 750 g/mol. The van der Waals surface area contributed by atoms with Crippen molar-refractivity contribution in [2.75, 3.05) is 6.61 Å². The molecule has 6 rings (SSSR count). The lowest BCUT2D eigenvalue weighted by Gasteiger charge is -2.15. The van der Waals surface area contributed by atoms with Gasteiger partial charge in [0.05, 0.1) is 16.4 Å². The molecule has 0 radical (unpaired) electrons. The molecular formula is C37H39BrN2O6S2. The third kappa shape index (κ3) is 8.89. The molecule has 2 aliphatic carbocycles. The summed E-state index contributed by atoms with van der Waals surface area (Å²) in [5.74, 6) is -0.373. The molecule has 0 saturated heterocycles. The van der Waals surface area contributed by atoms with Crippen LogP contribution in [0.3, 0.4) is 0 Å². The van der Waals surface area contributed by atoms with Gasteiger partial charge in [0, 0.05) is 22.6 Å². The highest BCUT2D eigenvalue weighted by molar-refractivity contribution is 9.10. The Morgan fingerprint density at radius 3 is 1.73 bits per heavy atom. The van der Waals surface area contributed by atoms with Gasteiger partial charge in [-0.2, -0.15) is 0 Å². The lowest BCUT2D eigenvalue weighted by Crippen LogP contribution is -2.27. The lowest BCUT2D eigenvalue weighted by atomic mass is 10.0. The Morgan fingerprint density at radius 1 is 0.750 bits per heavy atom. The predicted molar refractivity (Wildman–Crippen MR) is 191 cm³/mol. The van der Waals surface area contributed by atoms with Crippen LogP contribution in [-0.2, 0) is 42.4 Å². The minimum Gasteiger partial charge on any atom is -0.463 e. The normalized spacial score (nSPS) is 17.0. The van der Waals surface area contributed by atoms with Crippen molar-refractivity contribution in [3.8, 4) is 0 Å². The molecule has 0 aliphatic heterocycles. The van der Waals surface area contributed by atoms with Crippen molar-refractivity contribution in [1.29, 1.82) is 0 Å². The molecule has 8 nitrogen and oxygen atoms in total. The number of hydrogen-bond acceptors (Lipinski definition) is 6. The molecule has 0 heterocycles. The van der Waals surface area contributed by atoms with Crippen molar-refractivity contribution in [1.82, 2.24) is 9.44 Å². The van der Waals surface area contributed by atoms with E-state index < -0.39 is 20.0 Å². The van der Waals surface area contributed by atoms with Crippen molar-refractivity contribution in [2.24, 2.45) is 0 Å². The number of esters is 1. The Kier molecular flexibility index (Phi) is 11.4. The van der Waals surface area contributed by atoms with Gasteiger partial charge in [0.2, 0.25) is 20.0 Å². The van der Waals surface area contributed by atoms with E-state index in [1.165, 1.54) is 11.6 Å². The van der Waals surface area contributed by atoms with E-state index in [4.69, 9.17) is 4.74 Å². The molecule has 11 heteroatoms. The number of sulfonamides is 2. The number of rotatable bonds is 9. The van der Waals surface area contributed by atoms with Gasteiger partial charge in [-0.05, 0) is 117 Å². The first kappa shape index (κ1) is 35.7. The van der Waals surface area contributed by atoms with Crippen molar-refractivity contribution < 1.29 is 26.4 Å². The van der Waals surface area contributed by atoms with Crippen LogP contribution in [0, 0.1) is 13.8 Å². The number of ether oxygens (including phenoxy) is 1. The van der Waals surface area contributed by atoms with Crippen LogP contribution >= 0.6 is 15.9 Å². The molecule has 0 spiro atoms. The number of carbonyl (C=O) groups excluding carboxylic acids is 1. The van der Waals surface area contributed by atoms with Crippen LogP contribution in [0.2, 0.25) is 0 Å². The average molecular weight is 752 g/mol. The predicted octanol–water partition coefficient (Wildman–Crippen LogP) is 7.26. The number of nitrogens with one attached hydrogen (secondary N) is 2. The maximum absolute atomic E-state index is 12.6. The molecule has 2 aliphatic rings. The molecule has 4 aromatic rings. The zero-order chi connectivity index (χ0) is 34.5. The fraction of sp³-hybridized carbons (Fsp3) is 0.270. The smallest absolute Gasteiger partial charge is 0.330 e. The Bertz CT molecular complexity index is 2030. The van der Waals surface area contributed by atoms with E-state index in [1.54, 1.807) is 49.4 Å². The van der Waals surface area contributed by atoms with Gasteiger partial charge in [-0.1, -0.05) is 75.6 Å². The first-order chi connectivity index (χ1) is 22.8. The summed E-state index contributed by atoms with van der Waals surface area (Å²) in [6.45, 7) is 5.97. The number of fused-ring (bicyclic) bond motifs is 2. The van der Waals surface area contributed by atoms with Crippen molar-refractivity contribution in [2.45, 2.75) is 68.3 Å². The Hall–Kier alpha value is -3.61. The summed E-state index contributed by atoms with van der Waals surface area (Å²) in [5, 5.41) is 0. The van der Waals surface area contributed by atoms with E-state index in [-0.39, 0.29) is 22.9 Å². The van der Waals surface area contributed by atoms with Gasteiger partial charge < -0.3 is 4.74 Å². The number of aryl methyl sites for hydroxylation is 4. The van der Waals surface area contributed by atoms with Crippen LogP contribution in [0.4, 0.5) is 0 Å². The summed E-state index contributed by atoms with van der Waals surface area (Å²) in [4.78, 5) is 12.0. The minimum absolute atomic E-state index is 0.139. The molecule has 252 valence electrons. The maximum Gasteiger partial charge on any atom is 0.330 e. The summed E-state index contributed by atoms with van der Waals surface area (Å²) in [5.41, 5.74) is 7.32. The lowest BCUT2D eigenvalue weighted by molar-refractivity contribution is -0.137. The highest BCUT2D eigenvalue weighted by Crippen LogP contribution is 2.35. The van der Waals surface area contributed by atoms with Crippen LogP contribution in [0.1, 0.15) is 70.8 Å². The molecule has 0 amide bonds. The molecular weight excluding hydrogens is 712 g/mol. The SMILES string of the molecule is CCOC(=O)/C=C/c1ccc2c(c1)CCC2NS(=O)(=O)c1ccc(C)cc1.Cc1ccc(S(=O)(=O)NC2CCc3cc(Br)ccc32)cc1. The van der Waals surface area contributed by atoms with Crippen LogP contribution in [0.5, 0.6) is 0 Å². The average Bonchev–Trinajstić information content (AvgIpc) is 3.63. The second kappa shape index (κ2) is 15.3. The summed E-state index contributed by atoms with van der Waals surface area (Å²) in [7, 11) is -7.04. The molecule has 4 aromatic carbocycles. The quantitative estimate of drug-likeness (QED) is 0.137. The van der Waals surface area contributed by atoms with E-state index in [1.807, 2.05) is 56.3 Å². The summed E-state index contributed by atoms with van der Waals surface area (Å²) in [6, 6.07) is 25.2. The highest BCUT2D eigenvalue weighted by Gasteiger charge is 2.28. The second-order valence-corrected chi connectivity index (χ2v) is 16.3. The zero-order valence-corrected chi connectivity index (χ0v) is 30.3. The third-order valence-corrected chi connectivity index (χ3v) is 11.9. The van der Waals surface area contributed by atoms with E-state index >= 15 is 0 Å². The molecule has 0 aromatic heterocycles. The van der Waals surface area contributed by atoms with Gasteiger partial charge in [0.25, 0.3) is 0 Å². The van der Waals surface area contributed by atoms with E-state index in [9.17, 15) is 21.6 Å². The van der Waals surface area contributed by atoms with Crippen LogP contribution < -0.4 is 9.44 Å². The molecule has 2 unspecified atom stereocenters. The number of carbonyl (C=O) groups is 1. The van der Waals surface area contributed by atoms with Gasteiger partial charge in [-0.3, -0.25) is 0 Å². The number of benzene rings is 4. The molecule has 48 heavy (non-hydrogen) atoms. The van der Waals surface area contributed by atoms with Crippen molar-refractivity contribution >= 4 is 48.0 Å². The Morgan fingerprint density at radius 2 is 1.23 bits per heavy atom. The van der Waals surface area contributed by atoms with Crippen LogP contribution in [0.15, 0.2) is 105 Å². The molecule has 2 N–H and O–H groups in total. The molecule has 0 fully saturated rings. The first-order valence-corrected chi connectivity index (χ1v) is 19.5. The fourth-order valence-electron chi connectivity index (χ4n) is 5.87. The van der Waals surface area contributed by atoms with Crippen molar-refractivity contribution in [3.05, 3.63) is 134 Å². The van der Waals surface area contributed by atoms with Crippen LogP contribution in [0.25, 0.3) is 6.08 Å². The molecule has 2 atom stereocenters. The first-order valence-electron chi connectivity index (χ1n) is 15.8. The third-order valence-electron chi connectivity index (χ3n) is 8.38. The topological polar surface area (TPSA) is 119 Å². The second-order valence-electron chi connectivity index (χ2n) is 11.9. The van der Waals surface area contributed by atoms with Gasteiger partial charge in [-0.25, -0.2) is 31.1 Å². The minimum atomic E-state index is -3.57. The standard InChI is InChI=1S/C21H23NO4S.C16H16BrNO2S/c1-3-26-21(23)13-7-16-6-11-19-17(14-16)8-12-20(19)22-27(24,25)18-9-4-15(2)5-10-18;1-11-2-6-14(7-3-11)21(19,20)18-16-9-4-12-10-13(17)5-8-15(12)16/h4-7,9-11,13-14,20,22H,3,8,12H2,1-2H3;2-3,5-8,10,16,18H,4,9H2,1H3/b13-7+;. The number of hydrogen-bond donors (Lipinski definition) is 2. The van der Waals surface area contributed by atoms with E-state index in [2.05, 4.69) is 31.4 Å². The van der Waals surface area contributed by atoms with E-state index in [0.29, 0.717) is 17.9 Å². The summed E-state index contributed by atoms with van der Waals surface area (Å²) < 4.78 is 61.7. The zero-order valence-electron chi connectivity index (χ0n) is 27.1. The van der Waals surface area contributed by atoms with E-state index in [0.717, 1.165) is 57.1 Å². The van der Waals surface area contributed by atoms with Gasteiger partial charge in [-0.15, -0.1) is 0 Å². The molecule has 0 saturated carbocycles. The highest BCUT2D eigenvalue weighted by atomic mass is 79.9. The Labute approximate surface area is 291 Å². The fourth-order valence-corrected chi connectivity index (χ4v) is 8.78. The van der Waals surface area contributed by atoms with Crippen LogP contribution in [-0.4, -0.2) is 29.4 Å².